The molecule has 1 N–H and O–H groups in total. The zero-order valence-corrected chi connectivity index (χ0v) is 10.6. The molecule has 1 aromatic carbocycles. The van der Waals surface area contributed by atoms with Gasteiger partial charge in [0.15, 0.2) is 0 Å². The highest BCUT2D eigenvalue weighted by Crippen LogP contribution is 2.12. The van der Waals surface area contributed by atoms with Gasteiger partial charge in [-0.3, -0.25) is 4.98 Å². The first kappa shape index (κ1) is 12.1. The summed E-state index contributed by atoms with van der Waals surface area (Å²) in [5.74, 6) is 2.07. The lowest BCUT2D eigenvalue weighted by molar-refractivity contribution is 0.596. The molecule has 2 rings (SSSR count). The zero-order valence-electron chi connectivity index (χ0n) is 9.86. The lowest BCUT2D eigenvalue weighted by atomic mass is 10.1. The van der Waals surface area contributed by atoms with Crippen LogP contribution in [0.2, 0.25) is 0 Å². The van der Waals surface area contributed by atoms with Crippen molar-refractivity contribution in [2.75, 3.05) is 17.7 Å². The molecule has 1 unspecified atom stereocenters. The number of nitrogens with zero attached hydrogens (tertiary/aromatic N) is 2. The molecule has 2 aromatic rings. The smallest absolute Gasteiger partial charge is 0.145 e. The fourth-order valence-corrected chi connectivity index (χ4v) is 1.98. The van der Waals surface area contributed by atoms with Gasteiger partial charge in [-0.2, -0.15) is 0 Å². The minimum absolute atomic E-state index is 0.542. The van der Waals surface area contributed by atoms with Crippen molar-refractivity contribution in [1.82, 2.24) is 9.97 Å². The molecule has 0 saturated heterocycles. The Bertz CT molecular complexity index is 487. The Balaban J connectivity index is 2.04. The molecule has 0 radical (unpaired) electrons. The second kappa shape index (κ2) is 5.82. The molecule has 1 aromatic heterocycles. The van der Waals surface area contributed by atoms with Crippen LogP contribution in [0.3, 0.4) is 0 Å². The third-order valence-electron chi connectivity index (χ3n) is 2.68. The van der Waals surface area contributed by atoms with Crippen LogP contribution < -0.4 is 5.32 Å². The molecule has 0 fully saturated rings. The van der Waals surface area contributed by atoms with Gasteiger partial charge >= 0.3 is 0 Å². The zero-order chi connectivity index (χ0) is 12.1. The van der Waals surface area contributed by atoms with Gasteiger partial charge in [-0.1, -0.05) is 19.1 Å². The van der Waals surface area contributed by atoms with Crippen molar-refractivity contribution in [1.29, 1.82) is 0 Å². The van der Waals surface area contributed by atoms with Gasteiger partial charge in [0.1, 0.15) is 5.82 Å². The van der Waals surface area contributed by atoms with Crippen molar-refractivity contribution in [2.24, 2.45) is 5.92 Å². The molecule has 0 aliphatic rings. The topological polar surface area (TPSA) is 37.8 Å². The van der Waals surface area contributed by atoms with E-state index in [0.29, 0.717) is 11.8 Å². The number of hydrogen-bond donors (Lipinski definition) is 1. The SMILES string of the molecule is CC(CCCl)CNc1cnc2ccccc2n1. The highest BCUT2D eigenvalue weighted by molar-refractivity contribution is 6.17. The summed E-state index contributed by atoms with van der Waals surface area (Å²) >= 11 is 5.70. The standard InChI is InChI=1S/C13H16ClN3/c1-10(6-7-14)8-16-13-9-15-11-4-2-3-5-12(11)17-13/h2-5,9-10H,6-8H2,1H3,(H,16,17). The summed E-state index contributed by atoms with van der Waals surface area (Å²) in [5.41, 5.74) is 1.84. The molecule has 0 amide bonds. The fourth-order valence-electron chi connectivity index (χ4n) is 1.61. The summed E-state index contributed by atoms with van der Waals surface area (Å²) < 4.78 is 0. The molecular formula is C13H16ClN3. The summed E-state index contributed by atoms with van der Waals surface area (Å²) in [6.07, 6.45) is 2.78. The number of rotatable bonds is 5. The van der Waals surface area contributed by atoms with Crippen molar-refractivity contribution in [2.45, 2.75) is 13.3 Å². The minimum atomic E-state index is 0.542. The van der Waals surface area contributed by atoms with E-state index in [1.807, 2.05) is 24.3 Å². The van der Waals surface area contributed by atoms with Crippen molar-refractivity contribution >= 4 is 28.5 Å². The van der Waals surface area contributed by atoms with Gasteiger partial charge in [0, 0.05) is 12.4 Å². The van der Waals surface area contributed by atoms with Crippen LogP contribution in [0.25, 0.3) is 11.0 Å². The number of aromatic nitrogens is 2. The lowest BCUT2D eigenvalue weighted by Gasteiger charge is -2.11. The van der Waals surface area contributed by atoms with Gasteiger partial charge in [-0.25, -0.2) is 4.98 Å². The minimum Gasteiger partial charge on any atom is -0.369 e. The number of alkyl halides is 1. The second-order valence-corrected chi connectivity index (χ2v) is 4.59. The van der Waals surface area contributed by atoms with E-state index in [1.54, 1.807) is 6.20 Å². The van der Waals surface area contributed by atoms with Gasteiger partial charge in [0.2, 0.25) is 0 Å². The average Bonchev–Trinajstić information content (AvgIpc) is 2.36. The van der Waals surface area contributed by atoms with Crippen molar-refractivity contribution in [3.8, 4) is 0 Å². The highest BCUT2D eigenvalue weighted by atomic mass is 35.5. The maximum absolute atomic E-state index is 5.70. The third-order valence-corrected chi connectivity index (χ3v) is 2.90. The summed E-state index contributed by atoms with van der Waals surface area (Å²) in [4.78, 5) is 8.85. The number of fused-ring (bicyclic) bond motifs is 1. The summed E-state index contributed by atoms with van der Waals surface area (Å²) in [6, 6.07) is 7.86. The van der Waals surface area contributed by atoms with Crippen LogP contribution >= 0.6 is 11.6 Å². The number of benzene rings is 1. The molecule has 0 aliphatic heterocycles. The highest BCUT2D eigenvalue weighted by Gasteiger charge is 2.02. The third kappa shape index (κ3) is 3.30. The van der Waals surface area contributed by atoms with Gasteiger partial charge in [-0.15, -0.1) is 11.6 Å². The van der Waals surface area contributed by atoms with Crippen LogP contribution in [0.15, 0.2) is 30.5 Å². The van der Waals surface area contributed by atoms with Crippen LogP contribution in [0, 0.1) is 5.92 Å². The Morgan fingerprint density at radius 3 is 2.82 bits per heavy atom. The van der Waals surface area contributed by atoms with Crippen LogP contribution in [0.1, 0.15) is 13.3 Å². The van der Waals surface area contributed by atoms with E-state index in [9.17, 15) is 0 Å². The van der Waals surface area contributed by atoms with Gasteiger partial charge < -0.3 is 5.32 Å². The first-order chi connectivity index (χ1) is 8.29. The fraction of sp³-hybridized carbons (Fsp3) is 0.385. The Morgan fingerprint density at radius 2 is 2.06 bits per heavy atom. The van der Waals surface area contributed by atoms with E-state index in [0.717, 1.165) is 29.8 Å². The van der Waals surface area contributed by atoms with Gasteiger partial charge in [-0.05, 0) is 24.5 Å². The van der Waals surface area contributed by atoms with Crippen LogP contribution in [-0.2, 0) is 0 Å². The second-order valence-electron chi connectivity index (χ2n) is 4.21. The molecule has 1 heterocycles. The van der Waals surface area contributed by atoms with Crippen LogP contribution in [0.4, 0.5) is 5.82 Å². The Labute approximate surface area is 106 Å². The summed E-state index contributed by atoms with van der Waals surface area (Å²) in [5, 5.41) is 3.29. The van der Waals surface area contributed by atoms with Crippen LogP contribution in [-0.4, -0.2) is 22.4 Å². The van der Waals surface area contributed by atoms with E-state index < -0.39 is 0 Å². The van der Waals surface area contributed by atoms with E-state index in [4.69, 9.17) is 11.6 Å². The van der Waals surface area contributed by atoms with E-state index in [2.05, 4.69) is 22.2 Å². The van der Waals surface area contributed by atoms with Crippen molar-refractivity contribution in [3.05, 3.63) is 30.5 Å². The maximum Gasteiger partial charge on any atom is 0.145 e. The molecular weight excluding hydrogens is 234 g/mol. The number of para-hydroxylation sites is 2. The van der Waals surface area contributed by atoms with Crippen LogP contribution in [0.5, 0.6) is 0 Å². The molecule has 0 bridgehead atoms. The largest absolute Gasteiger partial charge is 0.369 e. The molecule has 0 saturated carbocycles. The van der Waals surface area contributed by atoms with Gasteiger partial charge in [0.25, 0.3) is 0 Å². The van der Waals surface area contributed by atoms with Gasteiger partial charge in [0.05, 0.1) is 17.2 Å². The Kier molecular flexibility index (Phi) is 4.15. The molecule has 1 atom stereocenters. The lowest BCUT2D eigenvalue weighted by Crippen LogP contribution is -2.12. The average molecular weight is 250 g/mol. The number of anilines is 1. The number of halogens is 1. The van der Waals surface area contributed by atoms with E-state index >= 15 is 0 Å². The molecule has 0 aliphatic carbocycles. The molecule has 17 heavy (non-hydrogen) atoms. The van der Waals surface area contributed by atoms with Crippen molar-refractivity contribution < 1.29 is 0 Å². The molecule has 4 heteroatoms. The molecule has 3 nitrogen and oxygen atoms in total. The van der Waals surface area contributed by atoms with E-state index in [1.165, 1.54) is 0 Å². The monoisotopic (exact) mass is 249 g/mol. The maximum atomic E-state index is 5.70. The first-order valence-electron chi connectivity index (χ1n) is 5.81. The molecule has 90 valence electrons. The Morgan fingerprint density at radius 1 is 1.29 bits per heavy atom. The number of hydrogen-bond acceptors (Lipinski definition) is 3. The quantitative estimate of drug-likeness (QED) is 0.827. The predicted molar refractivity (Wildman–Crippen MR) is 72.5 cm³/mol. The predicted octanol–water partition coefficient (Wildman–Crippen LogP) is 3.31. The Hall–Kier alpha value is -1.35. The molecule has 0 spiro atoms. The van der Waals surface area contributed by atoms with E-state index in [-0.39, 0.29) is 0 Å². The summed E-state index contributed by atoms with van der Waals surface area (Å²) in [7, 11) is 0. The summed E-state index contributed by atoms with van der Waals surface area (Å²) in [6.45, 7) is 3.05. The first-order valence-corrected chi connectivity index (χ1v) is 6.34. The normalized spacial score (nSPS) is 12.6. The van der Waals surface area contributed by atoms with Crippen molar-refractivity contribution in [3.63, 3.8) is 0 Å². The number of nitrogens with one attached hydrogen (secondary N) is 1.